The Labute approximate surface area is 156 Å². The minimum Gasteiger partial charge on any atom is -0.496 e. The van der Waals surface area contributed by atoms with Crippen LogP contribution in [-0.4, -0.2) is 54.9 Å². The molecule has 0 N–H and O–H groups in total. The summed E-state index contributed by atoms with van der Waals surface area (Å²) in [5.41, 5.74) is 1.07. The summed E-state index contributed by atoms with van der Waals surface area (Å²) in [7, 11) is 1.66. The Balaban J connectivity index is 1.50. The van der Waals surface area contributed by atoms with Gasteiger partial charge in [0.05, 0.1) is 7.11 Å². The molecule has 142 valence electrons. The van der Waals surface area contributed by atoms with E-state index in [0.29, 0.717) is 31.8 Å². The van der Waals surface area contributed by atoms with Crippen LogP contribution in [0.1, 0.15) is 44.1 Å². The van der Waals surface area contributed by atoms with Gasteiger partial charge >= 0.3 is 0 Å². The third-order valence-electron chi connectivity index (χ3n) is 5.67. The highest BCUT2D eigenvalue weighted by Gasteiger charge is 2.29. The van der Waals surface area contributed by atoms with Crippen molar-refractivity contribution in [3.8, 4) is 5.75 Å². The van der Waals surface area contributed by atoms with Crippen LogP contribution in [0.25, 0.3) is 0 Å². The fraction of sp³-hybridized carbons (Fsp3) is 0.619. The van der Waals surface area contributed by atoms with Gasteiger partial charge in [-0.25, -0.2) is 0 Å². The number of hydrogen-bond donors (Lipinski definition) is 0. The first-order valence-corrected chi connectivity index (χ1v) is 9.87. The molecule has 5 nitrogen and oxygen atoms in total. The van der Waals surface area contributed by atoms with Gasteiger partial charge in [-0.2, -0.15) is 0 Å². The van der Waals surface area contributed by atoms with Crippen LogP contribution in [0.5, 0.6) is 5.75 Å². The molecular weight excluding hydrogens is 328 g/mol. The highest BCUT2D eigenvalue weighted by Crippen LogP contribution is 2.27. The fourth-order valence-electron chi connectivity index (χ4n) is 4.13. The lowest BCUT2D eigenvalue weighted by atomic mass is 10.1. The standard InChI is InChI=1S/C21H30N2O3/c1-26-19-10-5-4-7-17(19)11-12-20(24)22-13-6-14-23(16-15-22)21(25)18-8-2-3-9-18/h4-5,7,10,18H,2-3,6,8-9,11-16H2,1H3. The summed E-state index contributed by atoms with van der Waals surface area (Å²) < 4.78 is 5.36. The summed E-state index contributed by atoms with van der Waals surface area (Å²) in [5.74, 6) is 1.55. The van der Waals surface area contributed by atoms with Crippen LogP contribution in [0, 0.1) is 5.92 Å². The molecule has 0 atom stereocenters. The van der Waals surface area contributed by atoms with Crippen LogP contribution in [0.15, 0.2) is 24.3 Å². The average molecular weight is 358 g/mol. The highest BCUT2D eigenvalue weighted by atomic mass is 16.5. The van der Waals surface area contributed by atoms with Crippen molar-refractivity contribution in [3.05, 3.63) is 29.8 Å². The topological polar surface area (TPSA) is 49.9 Å². The van der Waals surface area contributed by atoms with Crippen LogP contribution in [0.2, 0.25) is 0 Å². The van der Waals surface area contributed by atoms with Crippen molar-refractivity contribution in [3.63, 3.8) is 0 Å². The molecule has 0 aromatic heterocycles. The molecule has 1 heterocycles. The van der Waals surface area contributed by atoms with Gasteiger partial charge in [0, 0.05) is 38.5 Å². The quantitative estimate of drug-likeness (QED) is 0.813. The van der Waals surface area contributed by atoms with Crippen LogP contribution < -0.4 is 4.74 Å². The van der Waals surface area contributed by atoms with Crippen LogP contribution in [0.4, 0.5) is 0 Å². The predicted octanol–water partition coefficient (Wildman–Crippen LogP) is 2.88. The highest BCUT2D eigenvalue weighted by molar-refractivity contribution is 5.80. The Kier molecular flexibility index (Phi) is 6.53. The van der Waals surface area contributed by atoms with Crippen molar-refractivity contribution >= 4 is 11.8 Å². The zero-order valence-corrected chi connectivity index (χ0v) is 15.8. The van der Waals surface area contributed by atoms with E-state index in [1.165, 1.54) is 12.8 Å². The summed E-state index contributed by atoms with van der Waals surface area (Å²) in [6, 6.07) is 7.85. The Morgan fingerprint density at radius 1 is 1.00 bits per heavy atom. The lowest BCUT2D eigenvalue weighted by Crippen LogP contribution is -2.39. The molecule has 1 aliphatic heterocycles. The van der Waals surface area contributed by atoms with E-state index in [-0.39, 0.29) is 11.8 Å². The zero-order chi connectivity index (χ0) is 18.4. The number of aryl methyl sites for hydroxylation is 1. The van der Waals surface area contributed by atoms with Crippen molar-refractivity contribution in [1.29, 1.82) is 0 Å². The molecule has 1 saturated carbocycles. The molecule has 0 unspecified atom stereocenters. The van der Waals surface area contributed by atoms with Gasteiger partial charge in [-0.15, -0.1) is 0 Å². The second-order valence-corrected chi connectivity index (χ2v) is 7.35. The normalized spacial score (nSPS) is 18.7. The molecule has 0 radical (unpaired) electrons. The molecule has 2 fully saturated rings. The maximum Gasteiger partial charge on any atom is 0.225 e. The van der Waals surface area contributed by atoms with E-state index in [0.717, 1.165) is 43.7 Å². The monoisotopic (exact) mass is 358 g/mol. The first kappa shape index (κ1) is 18.7. The zero-order valence-electron chi connectivity index (χ0n) is 15.8. The molecule has 5 heteroatoms. The van der Waals surface area contributed by atoms with Gasteiger partial charge in [-0.3, -0.25) is 9.59 Å². The molecular formula is C21H30N2O3. The molecule has 1 aromatic rings. The number of carbonyl (C=O) groups excluding carboxylic acids is 2. The predicted molar refractivity (Wildman–Crippen MR) is 101 cm³/mol. The van der Waals surface area contributed by atoms with Crippen molar-refractivity contribution in [2.24, 2.45) is 5.92 Å². The lowest BCUT2D eigenvalue weighted by Gasteiger charge is -2.24. The summed E-state index contributed by atoms with van der Waals surface area (Å²) in [5, 5.41) is 0. The number of carbonyl (C=O) groups is 2. The molecule has 3 rings (SSSR count). The third-order valence-corrected chi connectivity index (χ3v) is 5.67. The third kappa shape index (κ3) is 4.57. The summed E-state index contributed by atoms with van der Waals surface area (Å²) in [6.07, 6.45) is 6.48. The number of amides is 2. The number of ether oxygens (including phenoxy) is 1. The Morgan fingerprint density at radius 3 is 2.46 bits per heavy atom. The maximum atomic E-state index is 12.6. The SMILES string of the molecule is COc1ccccc1CCC(=O)N1CCCN(C(=O)C2CCCC2)CC1. The number of rotatable bonds is 5. The molecule has 2 aliphatic rings. The van der Waals surface area contributed by atoms with Gasteiger partial charge in [-0.05, 0) is 37.3 Å². The van der Waals surface area contributed by atoms with Crippen LogP contribution in [0.3, 0.4) is 0 Å². The number of benzene rings is 1. The molecule has 0 bridgehead atoms. The molecule has 1 aliphatic carbocycles. The van der Waals surface area contributed by atoms with Crippen LogP contribution in [-0.2, 0) is 16.0 Å². The maximum absolute atomic E-state index is 12.6. The second kappa shape index (κ2) is 9.06. The van der Waals surface area contributed by atoms with E-state index in [1.807, 2.05) is 34.1 Å². The van der Waals surface area contributed by atoms with E-state index >= 15 is 0 Å². The smallest absolute Gasteiger partial charge is 0.225 e. The van der Waals surface area contributed by atoms with Gasteiger partial charge in [0.25, 0.3) is 0 Å². The minimum absolute atomic E-state index is 0.172. The summed E-state index contributed by atoms with van der Waals surface area (Å²) >= 11 is 0. The van der Waals surface area contributed by atoms with Crippen molar-refractivity contribution < 1.29 is 14.3 Å². The van der Waals surface area contributed by atoms with Gasteiger partial charge in [0.15, 0.2) is 0 Å². The first-order valence-electron chi connectivity index (χ1n) is 9.87. The molecule has 26 heavy (non-hydrogen) atoms. The van der Waals surface area contributed by atoms with E-state index in [2.05, 4.69) is 0 Å². The van der Waals surface area contributed by atoms with Crippen molar-refractivity contribution in [2.75, 3.05) is 33.3 Å². The van der Waals surface area contributed by atoms with E-state index < -0.39 is 0 Å². The second-order valence-electron chi connectivity index (χ2n) is 7.35. The molecule has 1 saturated heterocycles. The lowest BCUT2D eigenvalue weighted by molar-refractivity contribution is -0.136. The van der Waals surface area contributed by atoms with E-state index in [1.54, 1.807) is 7.11 Å². The average Bonchev–Trinajstić information content (AvgIpc) is 3.10. The van der Waals surface area contributed by atoms with Crippen molar-refractivity contribution in [2.45, 2.75) is 44.9 Å². The van der Waals surface area contributed by atoms with E-state index in [9.17, 15) is 9.59 Å². The minimum atomic E-state index is 0.172. The van der Waals surface area contributed by atoms with Gasteiger partial charge in [0.1, 0.15) is 5.75 Å². The molecule has 2 amide bonds. The van der Waals surface area contributed by atoms with Crippen LogP contribution >= 0.6 is 0 Å². The van der Waals surface area contributed by atoms with Crippen molar-refractivity contribution in [1.82, 2.24) is 9.80 Å². The number of hydrogen-bond acceptors (Lipinski definition) is 3. The summed E-state index contributed by atoms with van der Waals surface area (Å²) in [4.78, 5) is 29.2. The number of nitrogens with zero attached hydrogens (tertiary/aromatic N) is 2. The fourth-order valence-corrected chi connectivity index (χ4v) is 4.13. The first-order chi connectivity index (χ1) is 12.7. The Bertz CT molecular complexity index is 625. The number of methoxy groups -OCH3 is 1. The molecule has 1 aromatic carbocycles. The van der Waals surface area contributed by atoms with Gasteiger partial charge in [-0.1, -0.05) is 31.0 Å². The largest absolute Gasteiger partial charge is 0.496 e. The Hall–Kier alpha value is -2.04. The summed E-state index contributed by atoms with van der Waals surface area (Å²) in [6.45, 7) is 2.86. The van der Waals surface area contributed by atoms with E-state index in [4.69, 9.17) is 4.74 Å². The van der Waals surface area contributed by atoms with Gasteiger partial charge < -0.3 is 14.5 Å². The Morgan fingerprint density at radius 2 is 1.69 bits per heavy atom. The number of para-hydroxylation sites is 1. The molecule has 0 spiro atoms. The van der Waals surface area contributed by atoms with Gasteiger partial charge in [0.2, 0.25) is 11.8 Å².